The van der Waals surface area contributed by atoms with Crippen molar-refractivity contribution >= 4 is 34.1 Å². The number of hydrogen-bond donors (Lipinski definition) is 1. The van der Waals surface area contributed by atoms with Crippen LogP contribution in [-0.4, -0.2) is 17.0 Å². The molecule has 2 aromatic carbocycles. The van der Waals surface area contributed by atoms with Crippen LogP contribution in [0, 0.1) is 0 Å². The van der Waals surface area contributed by atoms with E-state index in [9.17, 15) is 4.79 Å². The van der Waals surface area contributed by atoms with Crippen molar-refractivity contribution in [3.8, 4) is 0 Å². The summed E-state index contributed by atoms with van der Waals surface area (Å²) in [5, 5.41) is 4.69. The molecule has 0 saturated heterocycles. The first-order valence-electron chi connectivity index (χ1n) is 9.31. The molecule has 2 aliphatic rings. The van der Waals surface area contributed by atoms with Crippen molar-refractivity contribution in [1.29, 1.82) is 0 Å². The molecule has 5 rings (SSSR count). The molecule has 1 aromatic heterocycles. The number of anilines is 1. The number of carbonyl (C=O) groups is 1. The van der Waals surface area contributed by atoms with Crippen molar-refractivity contribution in [3.63, 3.8) is 0 Å². The van der Waals surface area contributed by atoms with Crippen LogP contribution in [0.3, 0.4) is 0 Å². The van der Waals surface area contributed by atoms with Gasteiger partial charge < -0.3 is 5.32 Å². The average molecular weight is 372 g/mol. The summed E-state index contributed by atoms with van der Waals surface area (Å²) in [5.74, 6) is 0.238. The summed E-state index contributed by atoms with van der Waals surface area (Å²) in [6.07, 6.45) is 6.40. The molecule has 4 heteroatoms. The number of pyridine rings is 1. The van der Waals surface area contributed by atoms with E-state index in [0.29, 0.717) is 6.42 Å². The predicted molar refractivity (Wildman–Crippen MR) is 111 cm³/mol. The number of nitrogens with one attached hydrogen (secondary N) is 1. The van der Waals surface area contributed by atoms with Crippen LogP contribution in [-0.2, 0) is 4.79 Å². The van der Waals surface area contributed by atoms with Gasteiger partial charge in [-0.2, -0.15) is 0 Å². The van der Waals surface area contributed by atoms with Crippen LogP contribution in [0.15, 0.2) is 70.9 Å². The molecule has 134 valence electrons. The highest BCUT2D eigenvalue weighted by atomic mass is 32.2. The molecule has 1 aliphatic heterocycles. The monoisotopic (exact) mass is 372 g/mol. The van der Waals surface area contributed by atoms with Crippen LogP contribution in [0.5, 0.6) is 0 Å². The molecule has 0 saturated carbocycles. The molecule has 0 radical (unpaired) electrons. The van der Waals surface area contributed by atoms with Crippen molar-refractivity contribution < 1.29 is 4.79 Å². The Morgan fingerprint density at radius 2 is 1.93 bits per heavy atom. The second-order valence-electron chi connectivity index (χ2n) is 7.10. The summed E-state index contributed by atoms with van der Waals surface area (Å²) in [7, 11) is 0. The Morgan fingerprint density at radius 3 is 2.74 bits per heavy atom. The summed E-state index contributed by atoms with van der Waals surface area (Å²) < 4.78 is 0. The Kier molecular flexibility index (Phi) is 4.01. The second kappa shape index (κ2) is 6.54. The maximum Gasteiger partial charge on any atom is 0.161 e. The van der Waals surface area contributed by atoms with Crippen LogP contribution in [0.2, 0.25) is 0 Å². The quantitative estimate of drug-likeness (QED) is 0.601. The number of ketones is 1. The average Bonchev–Trinajstić information content (AvgIpc) is 2.72. The van der Waals surface area contributed by atoms with Gasteiger partial charge in [0.05, 0.1) is 5.52 Å². The molecule has 3 nitrogen and oxygen atoms in total. The molecular formula is C23H20N2OS. The lowest BCUT2D eigenvalue weighted by Gasteiger charge is -2.34. The molecule has 1 N–H and O–H groups in total. The topological polar surface area (TPSA) is 42.0 Å². The van der Waals surface area contributed by atoms with Crippen molar-refractivity contribution in [2.24, 2.45) is 0 Å². The maximum atomic E-state index is 13.0. The minimum atomic E-state index is -0.0344. The highest BCUT2D eigenvalue weighted by Crippen LogP contribution is 2.47. The van der Waals surface area contributed by atoms with Gasteiger partial charge in [0.2, 0.25) is 0 Å². The predicted octanol–water partition coefficient (Wildman–Crippen LogP) is 5.52. The fraction of sp³-hybridized carbons (Fsp3) is 0.217. The summed E-state index contributed by atoms with van der Waals surface area (Å²) in [6, 6.07) is 16.9. The number of nitrogens with zero attached hydrogens (tertiary/aromatic N) is 1. The lowest BCUT2D eigenvalue weighted by atomic mass is 9.74. The van der Waals surface area contributed by atoms with Crippen LogP contribution < -0.4 is 5.32 Å². The lowest BCUT2D eigenvalue weighted by Crippen LogP contribution is -2.27. The Labute approximate surface area is 162 Å². The SMILES string of the molecule is CSc1ccc([C@@H]2C3=C(CCCC3=O)Nc3ccc4ncccc4c32)cc1. The van der Waals surface area contributed by atoms with E-state index in [0.717, 1.165) is 40.7 Å². The van der Waals surface area contributed by atoms with E-state index in [-0.39, 0.29) is 11.7 Å². The molecule has 3 aromatic rings. The Morgan fingerprint density at radius 1 is 1.07 bits per heavy atom. The normalized spacial score (nSPS) is 18.9. The van der Waals surface area contributed by atoms with Gasteiger partial charge in [0.1, 0.15) is 0 Å². The van der Waals surface area contributed by atoms with E-state index < -0.39 is 0 Å². The number of benzene rings is 2. The maximum absolute atomic E-state index is 13.0. The minimum Gasteiger partial charge on any atom is -0.358 e. The zero-order valence-electron chi connectivity index (χ0n) is 15.2. The first kappa shape index (κ1) is 16.6. The zero-order chi connectivity index (χ0) is 18.4. The number of fused-ring (bicyclic) bond motifs is 3. The van der Waals surface area contributed by atoms with E-state index in [1.54, 1.807) is 11.8 Å². The van der Waals surface area contributed by atoms with E-state index in [1.165, 1.54) is 16.0 Å². The van der Waals surface area contributed by atoms with Crippen molar-refractivity contribution in [3.05, 3.63) is 77.1 Å². The molecule has 0 spiro atoms. The summed E-state index contributed by atoms with van der Waals surface area (Å²) in [6.45, 7) is 0. The molecule has 1 atom stereocenters. The molecule has 0 amide bonds. The molecule has 0 bridgehead atoms. The second-order valence-corrected chi connectivity index (χ2v) is 7.98. The zero-order valence-corrected chi connectivity index (χ0v) is 16.0. The molecule has 0 unspecified atom stereocenters. The number of aromatic nitrogens is 1. The molecular weight excluding hydrogens is 352 g/mol. The van der Waals surface area contributed by atoms with Gasteiger partial charge in [-0.3, -0.25) is 9.78 Å². The van der Waals surface area contributed by atoms with Crippen molar-refractivity contribution in [2.45, 2.75) is 30.1 Å². The number of rotatable bonds is 2. The summed E-state index contributed by atoms with van der Waals surface area (Å²) >= 11 is 1.73. The highest BCUT2D eigenvalue weighted by molar-refractivity contribution is 7.98. The summed E-state index contributed by atoms with van der Waals surface area (Å²) in [5.41, 5.74) is 6.46. The minimum absolute atomic E-state index is 0.0344. The van der Waals surface area contributed by atoms with Crippen molar-refractivity contribution in [1.82, 2.24) is 4.98 Å². The Bertz CT molecular complexity index is 1090. The van der Waals surface area contributed by atoms with Gasteiger partial charge in [-0.25, -0.2) is 0 Å². The lowest BCUT2D eigenvalue weighted by molar-refractivity contribution is -0.116. The molecule has 1 aliphatic carbocycles. The van der Waals surface area contributed by atoms with E-state index in [1.807, 2.05) is 12.3 Å². The van der Waals surface area contributed by atoms with Gasteiger partial charge >= 0.3 is 0 Å². The van der Waals surface area contributed by atoms with Gasteiger partial charge in [0.15, 0.2) is 5.78 Å². The number of carbonyl (C=O) groups excluding carboxylic acids is 1. The standard InChI is InChI=1S/C23H20N2OS/c1-27-15-9-7-14(8-10-15)21-22-16-4-3-13-24-17(16)11-12-19(22)25-18-5-2-6-20(26)23(18)21/h3-4,7-13,21,25H,2,5-6H2,1H3/t21-/m0/s1. The van der Waals surface area contributed by atoms with E-state index in [4.69, 9.17) is 0 Å². The molecule has 2 heterocycles. The van der Waals surface area contributed by atoms with Crippen LogP contribution in [0.25, 0.3) is 10.9 Å². The van der Waals surface area contributed by atoms with Gasteiger partial charge in [-0.1, -0.05) is 18.2 Å². The van der Waals surface area contributed by atoms with E-state index in [2.05, 4.69) is 59.0 Å². The highest BCUT2D eigenvalue weighted by Gasteiger charge is 2.36. The number of allylic oxidation sites excluding steroid dienone is 2. The fourth-order valence-corrected chi connectivity index (χ4v) is 4.77. The van der Waals surface area contributed by atoms with Gasteiger partial charge in [0.25, 0.3) is 0 Å². The van der Waals surface area contributed by atoms with E-state index >= 15 is 0 Å². The third-order valence-electron chi connectivity index (χ3n) is 5.59. The number of Topliss-reactive ketones (excluding diaryl/α,β-unsaturated/α-hetero) is 1. The first-order chi connectivity index (χ1) is 13.3. The molecule has 27 heavy (non-hydrogen) atoms. The number of hydrogen-bond acceptors (Lipinski definition) is 4. The van der Waals surface area contributed by atoms with Crippen molar-refractivity contribution in [2.75, 3.05) is 11.6 Å². The van der Waals surface area contributed by atoms with Gasteiger partial charge in [0, 0.05) is 45.8 Å². The fourth-order valence-electron chi connectivity index (χ4n) is 4.36. The third kappa shape index (κ3) is 2.67. The third-order valence-corrected chi connectivity index (χ3v) is 6.34. The van der Waals surface area contributed by atoms with Gasteiger partial charge in [-0.15, -0.1) is 11.8 Å². The largest absolute Gasteiger partial charge is 0.358 e. The summed E-state index contributed by atoms with van der Waals surface area (Å²) in [4.78, 5) is 18.7. The van der Waals surface area contributed by atoms with Gasteiger partial charge in [-0.05, 0) is 60.6 Å². The smallest absolute Gasteiger partial charge is 0.161 e. The van der Waals surface area contributed by atoms with Crippen LogP contribution in [0.1, 0.15) is 36.3 Å². The number of thioether (sulfide) groups is 1. The first-order valence-corrected chi connectivity index (χ1v) is 10.5. The molecule has 0 fully saturated rings. The van der Waals surface area contributed by atoms with Crippen LogP contribution in [0.4, 0.5) is 5.69 Å². The Balaban J connectivity index is 1.79. The van der Waals surface area contributed by atoms with Crippen LogP contribution >= 0.6 is 11.8 Å². The Hall–Kier alpha value is -2.59.